The number of carboxylic acid groups (broad SMARTS) is 1. The Morgan fingerprint density at radius 2 is 1.19 bits per heavy atom. The lowest BCUT2D eigenvalue weighted by Gasteiger charge is -1.98. The molecule has 0 aliphatic rings. The molecule has 1 N–H and O–H groups in total. The highest BCUT2D eigenvalue weighted by Gasteiger charge is 2.27. The van der Waals surface area contributed by atoms with Crippen LogP contribution >= 0.6 is 0 Å². The minimum Gasteiger partial charge on any atom is -0.475 e. The van der Waals surface area contributed by atoms with Gasteiger partial charge in [-0.15, -0.1) is 0 Å². The molecule has 0 aliphatic carbocycles. The summed E-state index contributed by atoms with van der Waals surface area (Å²) in [5.41, 5.74) is 0. The van der Waals surface area contributed by atoms with Crippen molar-refractivity contribution in [3.63, 3.8) is 0 Å². The summed E-state index contributed by atoms with van der Waals surface area (Å²) in [6.45, 7) is 2.23. The summed E-state index contributed by atoms with van der Waals surface area (Å²) in [5.74, 6) is -5.95. The third-order valence-corrected chi connectivity index (χ3v) is 4.01. The molecule has 0 aromatic rings. The first-order chi connectivity index (χ1) is 13.0. The minimum atomic E-state index is -1.89. The van der Waals surface area contributed by atoms with Crippen LogP contribution in [-0.4, -0.2) is 28.4 Å². The Morgan fingerprint density at radius 3 is 1.74 bits per heavy atom. The first-order valence-electron chi connectivity index (χ1n) is 9.83. The largest absolute Gasteiger partial charge is 0.475 e. The highest BCUT2D eigenvalue weighted by molar-refractivity contribution is 6.76. The molecule has 0 saturated heterocycles. The number of allylic oxidation sites excluding steroid dienone is 6. The number of carbonyl (C=O) groups excluding carboxylic acids is 3. The molecule has 0 aliphatic heterocycles. The zero-order valence-corrected chi connectivity index (χ0v) is 16.3. The third kappa shape index (κ3) is 14.5. The number of ketones is 3. The maximum Gasteiger partial charge on any atom is 0.380 e. The molecule has 0 rings (SSSR count). The summed E-state index contributed by atoms with van der Waals surface area (Å²) in [4.78, 5) is 43.7. The van der Waals surface area contributed by atoms with E-state index >= 15 is 0 Å². The van der Waals surface area contributed by atoms with Crippen molar-refractivity contribution in [3.05, 3.63) is 36.5 Å². The van der Waals surface area contributed by atoms with E-state index in [4.69, 9.17) is 5.11 Å². The molecule has 0 fully saturated rings. The molecule has 0 saturated carbocycles. The number of aliphatic carboxylic acids is 1. The summed E-state index contributed by atoms with van der Waals surface area (Å²) in [6, 6.07) is 0. The molecule has 0 amide bonds. The molecule has 5 nitrogen and oxygen atoms in total. The Balaban J connectivity index is 3.68. The fraction of sp³-hybridized carbons (Fsp3) is 0.545. The van der Waals surface area contributed by atoms with Gasteiger partial charge in [0.1, 0.15) is 0 Å². The lowest BCUT2D eigenvalue weighted by Crippen LogP contribution is -2.29. The van der Waals surface area contributed by atoms with Crippen LogP contribution in [0.4, 0.5) is 0 Å². The van der Waals surface area contributed by atoms with Gasteiger partial charge in [-0.25, -0.2) is 4.79 Å². The van der Waals surface area contributed by atoms with Gasteiger partial charge in [-0.3, -0.25) is 14.4 Å². The molecule has 0 atom stereocenters. The van der Waals surface area contributed by atoms with Gasteiger partial charge in [0.25, 0.3) is 5.78 Å². The van der Waals surface area contributed by atoms with Gasteiger partial charge in [0.2, 0.25) is 5.78 Å². The van der Waals surface area contributed by atoms with Crippen LogP contribution in [0.15, 0.2) is 36.5 Å². The van der Waals surface area contributed by atoms with Crippen molar-refractivity contribution in [1.82, 2.24) is 0 Å². The van der Waals surface area contributed by atoms with E-state index < -0.39 is 23.3 Å². The van der Waals surface area contributed by atoms with Gasteiger partial charge in [-0.05, 0) is 25.7 Å². The molecule has 0 heterocycles. The zero-order chi connectivity index (χ0) is 20.3. The van der Waals surface area contributed by atoms with Crippen molar-refractivity contribution < 1.29 is 24.3 Å². The number of hydrogen-bond donors (Lipinski definition) is 1. The smallest absolute Gasteiger partial charge is 0.380 e. The second kappa shape index (κ2) is 17.1. The van der Waals surface area contributed by atoms with E-state index in [1.165, 1.54) is 44.9 Å². The van der Waals surface area contributed by atoms with E-state index in [1.807, 2.05) is 30.4 Å². The van der Waals surface area contributed by atoms with Gasteiger partial charge < -0.3 is 5.11 Å². The highest BCUT2D eigenvalue weighted by atomic mass is 16.4. The van der Waals surface area contributed by atoms with Crippen LogP contribution in [0.2, 0.25) is 0 Å². The fourth-order valence-electron chi connectivity index (χ4n) is 2.41. The topological polar surface area (TPSA) is 88.5 Å². The molecule has 0 aromatic heterocycles. The summed E-state index contributed by atoms with van der Waals surface area (Å²) >= 11 is 0. The van der Waals surface area contributed by atoms with E-state index in [9.17, 15) is 19.2 Å². The van der Waals surface area contributed by atoms with Crippen molar-refractivity contribution in [2.24, 2.45) is 0 Å². The Labute approximate surface area is 162 Å². The van der Waals surface area contributed by atoms with E-state index in [-0.39, 0.29) is 6.42 Å². The first kappa shape index (κ1) is 24.7. The number of carboxylic acids is 1. The van der Waals surface area contributed by atoms with Gasteiger partial charge >= 0.3 is 11.8 Å². The average Bonchev–Trinajstić information content (AvgIpc) is 2.66. The van der Waals surface area contributed by atoms with Crippen molar-refractivity contribution in [2.75, 3.05) is 0 Å². The van der Waals surface area contributed by atoms with Crippen molar-refractivity contribution in [3.8, 4) is 0 Å². The van der Waals surface area contributed by atoms with E-state index in [2.05, 4.69) is 13.0 Å². The van der Waals surface area contributed by atoms with E-state index in [1.54, 1.807) is 0 Å². The van der Waals surface area contributed by atoms with Gasteiger partial charge in [-0.2, -0.15) is 0 Å². The van der Waals surface area contributed by atoms with Crippen LogP contribution in [0.25, 0.3) is 0 Å². The normalized spacial score (nSPS) is 11.6. The van der Waals surface area contributed by atoms with Crippen molar-refractivity contribution >= 4 is 23.3 Å². The van der Waals surface area contributed by atoms with E-state index in [0.717, 1.165) is 6.42 Å². The summed E-state index contributed by atoms with van der Waals surface area (Å²) in [7, 11) is 0. The third-order valence-electron chi connectivity index (χ3n) is 4.01. The highest BCUT2D eigenvalue weighted by Crippen LogP contribution is 2.08. The molecule has 27 heavy (non-hydrogen) atoms. The Bertz CT molecular complexity index is 555. The van der Waals surface area contributed by atoms with Gasteiger partial charge in [-0.1, -0.05) is 81.9 Å². The number of unbranched alkanes of at least 4 members (excludes halogenated alkanes) is 8. The SMILES string of the molecule is CCCCCCCCCC=CC=CC=CCCCC(=O)C(=O)C(=O)C(=O)O. The molecule has 0 radical (unpaired) electrons. The maximum atomic E-state index is 11.4. The molecular formula is C22H32O5. The number of hydrogen-bond acceptors (Lipinski definition) is 4. The van der Waals surface area contributed by atoms with Crippen LogP contribution in [-0.2, 0) is 19.2 Å². The summed E-state index contributed by atoms with van der Waals surface area (Å²) < 4.78 is 0. The minimum absolute atomic E-state index is 0.121. The Kier molecular flexibility index (Phi) is 15.7. The second-order valence-electron chi connectivity index (χ2n) is 6.43. The predicted octanol–water partition coefficient (Wildman–Crippen LogP) is 4.76. The molecule has 5 heteroatoms. The molecule has 0 spiro atoms. The van der Waals surface area contributed by atoms with Gasteiger partial charge in [0.15, 0.2) is 0 Å². The van der Waals surface area contributed by atoms with Crippen molar-refractivity contribution in [2.45, 2.75) is 77.6 Å². The number of carbonyl (C=O) groups is 4. The molecule has 0 unspecified atom stereocenters. The molecule has 0 bridgehead atoms. The predicted molar refractivity (Wildman–Crippen MR) is 107 cm³/mol. The average molecular weight is 376 g/mol. The van der Waals surface area contributed by atoms with Crippen LogP contribution in [0.3, 0.4) is 0 Å². The maximum absolute atomic E-state index is 11.4. The lowest BCUT2D eigenvalue weighted by molar-refractivity contribution is -0.155. The quantitative estimate of drug-likeness (QED) is 0.171. The number of Topliss-reactive ketones (excluding diaryl/α,β-unsaturated/α-hetero) is 3. The molecular weight excluding hydrogens is 344 g/mol. The second-order valence-corrected chi connectivity index (χ2v) is 6.43. The van der Waals surface area contributed by atoms with Crippen LogP contribution < -0.4 is 0 Å². The van der Waals surface area contributed by atoms with Crippen molar-refractivity contribution in [1.29, 1.82) is 0 Å². The molecule has 0 aromatic carbocycles. The summed E-state index contributed by atoms with van der Waals surface area (Å²) in [6.07, 6.45) is 22.8. The standard InChI is InChI=1S/C22H32O5/c1-2-3-4-5-6-7-8-9-10-11-12-13-14-15-16-17-18-19(23)20(24)21(25)22(26)27/h10-15H,2-9,16-18H2,1H3,(H,26,27). The lowest BCUT2D eigenvalue weighted by atomic mass is 10.1. The first-order valence-corrected chi connectivity index (χ1v) is 9.83. The monoisotopic (exact) mass is 376 g/mol. The van der Waals surface area contributed by atoms with Crippen LogP contribution in [0.1, 0.15) is 77.6 Å². The van der Waals surface area contributed by atoms with E-state index in [0.29, 0.717) is 12.8 Å². The van der Waals surface area contributed by atoms with Crippen LogP contribution in [0, 0.1) is 0 Å². The molecule has 150 valence electrons. The fourth-order valence-corrected chi connectivity index (χ4v) is 2.41. The Hall–Kier alpha value is -2.30. The van der Waals surface area contributed by atoms with Crippen LogP contribution in [0.5, 0.6) is 0 Å². The zero-order valence-electron chi connectivity index (χ0n) is 16.3. The van der Waals surface area contributed by atoms with Gasteiger partial charge in [0.05, 0.1) is 0 Å². The summed E-state index contributed by atoms with van der Waals surface area (Å²) in [5, 5.41) is 8.37. The Morgan fingerprint density at radius 1 is 0.667 bits per heavy atom. The number of rotatable bonds is 17. The van der Waals surface area contributed by atoms with Gasteiger partial charge in [0, 0.05) is 6.42 Å².